The van der Waals surface area contributed by atoms with Crippen molar-refractivity contribution in [2.45, 2.75) is 4.90 Å². The smallest absolute Gasteiger partial charge is 0.148 e. The van der Waals surface area contributed by atoms with Crippen LogP contribution in [0, 0.1) is 23.0 Å². The molecule has 0 saturated heterocycles. The molecule has 0 fully saturated rings. The number of nitrogens with one attached hydrogen (secondary N) is 2. The Morgan fingerprint density at radius 2 is 2.00 bits per heavy atom. The number of aromatic amines is 1. The van der Waals surface area contributed by atoms with Crippen LogP contribution in [0.3, 0.4) is 0 Å². The fourth-order valence-corrected chi connectivity index (χ4v) is 2.95. The van der Waals surface area contributed by atoms with Crippen molar-refractivity contribution in [2.75, 3.05) is 11.8 Å². The Morgan fingerprint density at radius 3 is 2.72 bits per heavy atom. The average Bonchev–Trinajstić information content (AvgIpc) is 3.09. The van der Waals surface area contributed by atoms with Crippen LogP contribution in [0.1, 0.15) is 5.56 Å². The number of nitrogens with zero attached hydrogens (tertiary/aromatic N) is 1. The van der Waals surface area contributed by atoms with E-state index in [-0.39, 0.29) is 17.1 Å². The number of benzene rings is 2. The van der Waals surface area contributed by atoms with E-state index in [9.17, 15) is 8.78 Å². The van der Waals surface area contributed by atoms with Gasteiger partial charge in [0.1, 0.15) is 17.4 Å². The summed E-state index contributed by atoms with van der Waals surface area (Å²) in [5, 5.41) is 8.75. The van der Waals surface area contributed by atoms with Gasteiger partial charge in [-0.3, -0.25) is 0 Å². The number of nitriles is 1. The van der Waals surface area contributed by atoms with Gasteiger partial charge in [-0.25, -0.2) is 8.78 Å². The van der Waals surface area contributed by atoms with Gasteiger partial charge in [0.25, 0.3) is 0 Å². The molecule has 0 bridgehead atoms. The topological polar surface area (TPSA) is 60.8 Å². The molecule has 0 saturated carbocycles. The predicted octanol–water partition coefficient (Wildman–Crippen LogP) is 4.96. The molecular formula is C18H13F2N3OS. The summed E-state index contributed by atoms with van der Waals surface area (Å²) in [6, 6.07) is 12.3. The molecule has 0 radical (unpaired) electrons. The third-order valence-electron chi connectivity index (χ3n) is 3.49. The van der Waals surface area contributed by atoms with Gasteiger partial charge >= 0.3 is 0 Å². The van der Waals surface area contributed by atoms with Crippen LogP contribution in [-0.2, 0) is 0 Å². The minimum atomic E-state index is -0.498. The molecule has 1 heterocycles. The molecule has 0 spiro atoms. The first-order valence-corrected chi connectivity index (χ1v) is 8.07. The number of anilines is 1. The zero-order valence-corrected chi connectivity index (χ0v) is 14.0. The summed E-state index contributed by atoms with van der Waals surface area (Å²) >= 11 is 1.21. The van der Waals surface area contributed by atoms with Crippen LogP contribution in [0.5, 0.6) is 5.75 Å². The first kappa shape index (κ1) is 16.9. The highest BCUT2D eigenvalue weighted by molar-refractivity contribution is 8.00. The van der Waals surface area contributed by atoms with E-state index in [1.807, 2.05) is 12.1 Å². The monoisotopic (exact) mass is 357 g/mol. The summed E-state index contributed by atoms with van der Waals surface area (Å²) in [5.74, 6) is -0.452. The molecule has 0 amide bonds. The Labute approximate surface area is 147 Å². The molecule has 3 rings (SSSR count). The maximum Gasteiger partial charge on any atom is 0.148 e. The molecule has 25 heavy (non-hydrogen) atoms. The number of halogens is 2. The molecule has 0 atom stereocenters. The van der Waals surface area contributed by atoms with Gasteiger partial charge in [-0.15, -0.1) is 0 Å². The van der Waals surface area contributed by atoms with Crippen molar-refractivity contribution in [1.82, 2.24) is 4.98 Å². The minimum Gasteiger partial charge on any atom is -0.496 e. The van der Waals surface area contributed by atoms with E-state index < -0.39 is 5.82 Å². The number of aromatic nitrogens is 1. The van der Waals surface area contributed by atoms with Crippen molar-refractivity contribution in [3.63, 3.8) is 0 Å². The van der Waals surface area contributed by atoms with Crippen molar-refractivity contribution >= 4 is 17.6 Å². The molecule has 0 unspecified atom stereocenters. The number of hydrogen-bond acceptors (Lipinski definition) is 4. The molecule has 4 nitrogen and oxygen atoms in total. The second-order valence-corrected chi connectivity index (χ2v) is 5.98. The maximum atomic E-state index is 13.9. The molecule has 1 aromatic heterocycles. The number of methoxy groups -OCH3 is 1. The Morgan fingerprint density at radius 1 is 1.16 bits per heavy atom. The van der Waals surface area contributed by atoms with Gasteiger partial charge in [0.05, 0.1) is 30.1 Å². The van der Waals surface area contributed by atoms with E-state index in [0.717, 1.165) is 16.2 Å². The minimum absolute atomic E-state index is 0.264. The second kappa shape index (κ2) is 7.28. The van der Waals surface area contributed by atoms with Crippen LogP contribution in [0.15, 0.2) is 53.6 Å². The van der Waals surface area contributed by atoms with Gasteiger partial charge in [-0.2, -0.15) is 5.26 Å². The third kappa shape index (κ3) is 3.75. The van der Waals surface area contributed by atoms with Crippen LogP contribution in [0.25, 0.3) is 11.3 Å². The molecule has 3 aromatic rings. The van der Waals surface area contributed by atoms with E-state index in [0.29, 0.717) is 5.75 Å². The fraction of sp³-hybridized carbons (Fsp3) is 0.0556. The first-order chi connectivity index (χ1) is 12.1. The van der Waals surface area contributed by atoms with Crippen molar-refractivity contribution in [3.05, 3.63) is 65.9 Å². The largest absolute Gasteiger partial charge is 0.496 e. The van der Waals surface area contributed by atoms with Crippen molar-refractivity contribution in [2.24, 2.45) is 0 Å². The van der Waals surface area contributed by atoms with Crippen LogP contribution in [0.2, 0.25) is 0 Å². The lowest BCUT2D eigenvalue weighted by Gasteiger charge is -2.07. The Bertz CT molecular complexity index is 950. The highest BCUT2D eigenvalue weighted by Crippen LogP contribution is 2.33. The quantitative estimate of drug-likeness (QED) is 0.634. The zero-order chi connectivity index (χ0) is 17.8. The normalized spacial score (nSPS) is 10.3. The lowest BCUT2D eigenvalue weighted by Crippen LogP contribution is -1.91. The zero-order valence-electron chi connectivity index (χ0n) is 13.1. The Hall–Kier alpha value is -2.98. The number of hydrogen-bond donors (Lipinski definition) is 2. The summed E-state index contributed by atoms with van der Waals surface area (Å²) in [4.78, 5) is 3.90. The highest BCUT2D eigenvalue weighted by Gasteiger charge is 2.10. The van der Waals surface area contributed by atoms with Crippen molar-refractivity contribution in [1.29, 1.82) is 5.26 Å². The van der Waals surface area contributed by atoms with Gasteiger partial charge in [0.15, 0.2) is 0 Å². The van der Waals surface area contributed by atoms with Crippen molar-refractivity contribution in [3.8, 4) is 23.1 Å². The van der Waals surface area contributed by atoms with Crippen LogP contribution < -0.4 is 9.46 Å². The molecule has 0 aliphatic rings. The van der Waals surface area contributed by atoms with E-state index in [2.05, 4.69) is 9.71 Å². The number of rotatable bonds is 5. The average molecular weight is 357 g/mol. The summed E-state index contributed by atoms with van der Waals surface area (Å²) in [7, 11) is 1.48. The number of H-pyrrole nitrogens is 1. The molecule has 2 N–H and O–H groups in total. The highest BCUT2D eigenvalue weighted by atomic mass is 32.2. The molecule has 126 valence electrons. The number of ether oxygens (including phenoxy) is 1. The maximum absolute atomic E-state index is 13.9. The summed E-state index contributed by atoms with van der Waals surface area (Å²) in [6.07, 6.45) is 1.75. The van der Waals surface area contributed by atoms with Gasteiger partial charge in [-0.05, 0) is 48.3 Å². The van der Waals surface area contributed by atoms with E-state index in [4.69, 9.17) is 10.00 Å². The molecular weight excluding hydrogens is 344 g/mol. The van der Waals surface area contributed by atoms with Gasteiger partial charge in [0.2, 0.25) is 0 Å². The molecule has 2 aromatic carbocycles. The molecule has 7 heteroatoms. The third-order valence-corrected chi connectivity index (χ3v) is 4.28. The SMILES string of the molecule is COc1cc(F)ccc1-c1cc(SNc2ccc(C#N)cc2F)c[nH]1. The summed E-state index contributed by atoms with van der Waals surface area (Å²) in [5.41, 5.74) is 2.02. The van der Waals surface area contributed by atoms with Crippen LogP contribution >= 0.6 is 11.9 Å². The van der Waals surface area contributed by atoms with Crippen LogP contribution in [0.4, 0.5) is 14.5 Å². The lowest BCUT2D eigenvalue weighted by atomic mass is 10.1. The Balaban J connectivity index is 1.76. The van der Waals surface area contributed by atoms with Gasteiger partial charge < -0.3 is 14.4 Å². The molecule has 0 aliphatic carbocycles. The van der Waals surface area contributed by atoms with Gasteiger partial charge in [0, 0.05) is 22.7 Å². The van der Waals surface area contributed by atoms with Gasteiger partial charge in [-0.1, -0.05) is 0 Å². The van der Waals surface area contributed by atoms with E-state index in [1.165, 1.54) is 49.4 Å². The first-order valence-electron chi connectivity index (χ1n) is 7.25. The summed E-state index contributed by atoms with van der Waals surface area (Å²) < 4.78 is 35.3. The van der Waals surface area contributed by atoms with E-state index >= 15 is 0 Å². The standard InChI is InChI=1S/C18H13F2N3OS/c1-24-18-7-12(19)3-4-14(18)17-8-13(10-22-17)25-23-16-5-2-11(9-21)6-15(16)20/h2-8,10,22-23H,1H3. The predicted molar refractivity (Wildman–Crippen MR) is 93.3 cm³/mol. The Kier molecular flexibility index (Phi) is 4.91. The van der Waals surface area contributed by atoms with Crippen LogP contribution in [-0.4, -0.2) is 12.1 Å². The second-order valence-electron chi connectivity index (χ2n) is 5.10. The lowest BCUT2D eigenvalue weighted by molar-refractivity contribution is 0.413. The molecule has 0 aliphatic heterocycles. The van der Waals surface area contributed by atoms with Crippen molar-refractivity contribution < 1.29 is 13.5 Å². The fourth-order valence-electron chi connectivity index (χ4n) is 2.26. The van der Waals surface area contributed by atoms with E-state index in [1.54, 1.807) is 12.3 Å². The summed E-state index contributed by atoms with van der Waals surface area (Å²) in [6.45, 7) is 0.